The Hall–Kier alpha value is -1.84. The van der Waals surface area contributed by atoms with Gasteiger partial charge in [-0.15, -0.1) is 5.10 Å². The van der Waals surface area contributed by atoms with Gasteiger partial charge in [0, 0.05) is 5.75 Å². The molecule has 0 aliphatic heterocycles. The third-order valence-corrected chi connectivity index (χ3v) is 5.64. The zero-order chi connectivity index (χ0) is 19.1. The second-order valence-corrected chi connectivity index (χ2v) is 7.50. The van der Waals surface area contributed by atoms with Crippen molar-refractivity contribution in [2.75, 3.05) is 26.6 Å². The van der Waals surface area contributed by atoms with Crippen molar-refractivity contribution < 1.29 is 19.3 Å². The molecule has 0 spiro atoms. The van der Waals surface area contributed by atoms with Crippen molar-refractivity contribution in [3.63, 3.8) is 0 Å². The fourth-order valence-electron chi connectivity index (χ4n) is 3.16. The molecule has 3 rings (SSSR count). The van der Waals surface area contributed by atoms with E-state index in [4.69, 9.17) is 14.2 Å². The van der Waals surface area contributed by atoms with Gasteiger partial charge in [-0.2, -0.15) is 0 Å². The van der Waals surface area contributed by atoms with Gasteiger partial charge in [0.1, 0.15) is 0 Å². The summed E-state index contributed by atoms with van der Waals surface area (Å²) in [6, 6.07) is 6.02. The summed E-state index contributed by atoms with van der Waals surface area (Å²) >= 11 is 1.47. The van der Waals surface area contributed by atoms with Gasteiger partial charge < -0.3 is 19.3 Å². The van der Waals surface area contributed by atoms with Gasteiger partial charge in [0.2, 0.25) is 5.16 Å². The average molecular weight is 394 g/mol. The summed E-state index contributed by atoms with van der Waals surface area (Å²) < 4.78 is 18.0. The SMILES string of the molecule is COc1ccc(COCC(O)CSc2nnnn2C2CCCC2)cc1OC. The zero-order valence-corrected chi connectivity index (χ0v) is 16.5. The number of ether oxygens (including phenoxy) is 3. The van der Waals surface area contributed by atoms with E-state index in [1.54, 1.807) is 14.2 Å². The van der Waals surface area contributed by atoms with Gasteiger partial charge in [0.25, 0.3) is 0 Å². The van der Waals surface area contributed by atoms with Crippen LogP contribution in [0.1, 0.15) is 37.3 Å². The molecule has 0 saturated heterocycles. The van der Waals surface area contributed by atoms with Crippen molar-refractivity contribution in [2.45, 2.75) is 49.6 Å². The van der Waals surface area contributed by atoms with Crippen LogP contribution in [0.5, 0.6) is 11.5 Å². The third kappa shape index (κ3) is 5.33. The number of hydrogen-bond acceptors (Lipinski definition) is 8. The van der Waals surface area contributed by atoms with Crippen LogP contribution in [-0.4, -0.2) is 58.0 Å². The van der Waals surface area contributed by atoms with E-state index >= 15 is 0 Å². The molecule has 27 heavy (non-hydrogen) atoms. The molecule has 0 bridgehead atoms. The van der Waals surface area contributed by atoms with Crippen LogP contribution in [0.3, 0.4) is 0 Å². The van der Waals surface area contributed by atoms with Crippen LogP contribution < -0.4 is 9.47 Å². The van der Waals surface area contributed by atoms with Gasteiger partial charge in [-0.05, 0) is 41.0 Å². The van der Waals surface area contributed by atoms with E-state index in [2.05, 4.69) is 15.5 Å². The van der Waals surface area contributed by atoms with Gasteiger partial charge in [-0.3, -0.25) is 0 Å². The Morgan fingerprint density at radius 3 is 2.74 bits per heavy atom. The fraction of sp³-hybridized carbons (Fsp3) is 0.611. The van der Waals surface area contributed by atoms with Crippen molar-refractivity contribution in [3.8, 4) is 11.5 Å². The Morgan fingerprint density at radius 1 is 1.22 bits per heavy atom. The van der Waals surface area contributed by atoms with E-state index in [-0.39, 0.29) is 6.61 Å². The molecule has 1 aromatic carbocycles. The van der Waals surface area contributed by atoms with Gasteiger partial charge in [-0.25, -0.2) is 4.68 Å². The molecule has 1 atom stereocenters. The number of aliphatic hydroxyl groups is 1. The molecule has 148 valence electrons. The van der Waals surface area contributed by atoms with E-state index < -0.39 is 6.10 Å². The number of thioether (sulfide) groups is 1. The molecule has 1 fully saturated rings. The maximum Gasteiger partial charge on any atom is 0.209 e. The highest BCUT2D eigenvalue weighted by Gasteiger charge is 2.22. The second kappa shape index (κ2) is 9.91. The largest absolute Gasteiger partial charge is 0.493 e. The summed E-state index contributed by atoms with van der Waals surface area (Å²) in [7, 11) is 3.20. The lowest BCUT2D eigenvalue weighted by atomic mass is 10.2. The minimum absolute atomic E-state index is 0.242. The van der Waals surface area contributed by atoms with Crippen LogP contribution >= 0.6 is 11.8 Å². The predicted octanol–water partition coefficient (Wildman–Crippen LogP) is 2.48. The molecule has 9 heteroatoms. The Labute approximate surface area is 163 Å². The molecule has 1 N–H and O–H groups in total. The molecule has 1 aliphatic rings. The molecule has 1 saturated carbocycles. The lowest BCUT2D eigenvalue weighted by Gasteiger charge is -2.14. The highest BCUT2D eigenvalue weighted by molar-refractivity contribution is 7.99. The molecule has 2 aromatic rings. The fourth-order valence-corrected chi connectivity index (χ4v) is 4.01. The maximum atomic E-state index is 10.2. The lowest BCUT2D eigenvalue weighted by Crippen LogP contribution is -2.18. The number of hydrogen-bond donors (Lipinski definition) is 1. The first-order chi connectivity index (χ1) is 13.2. The summed E-state index contributed by atoms with van der Waals surface area (Å²) in [5, 5.41) is 22.9. The van der Waals surface area contributed by atoms with Crippen LogP contribution in [-0.2, 0) is 11.3 Å². The summed E-state index contributed by atoms with van der Waals surface area (Å²) in [5.41, 5.74) is 0.956. The molecule has 8 nitrogen and oxygen atoms in total. The Morgan fingerprint density at radius 2 is 2.00 bits per heavy atom. The van der Waals surface area contributed by atoms with Crippen molar-refractivity contribution in [1.29, 1.82) is 0 Å². The first-order valence-electron chi connectivity index (χ1n) is 9.08. The summed E-state index contributed by atoms with van der Waals surface area (Å²) in [4.78, 5) is 0. The molecule has 1 aliphatic carbocycles. The molecule has 0 radical (unpaired) electrons. The van der Waals surface area contributed by atoms with E-state index in [1.807, 2.05) is 22.9 Å². The first-order valence-corrected chi connectivity index (χ1v) is 10.1. The van der Waals surface area contributed by atoms with Crippen LogP contribution in [0.15, 0.2) is 23.4 Å². The van der Waals surface area contributed by atoms with Crippen molar-refractivity contribution in [2.24, 2.45) is 0 Å². The van der Waals surface area contributed by atoms with Gasteiger partial charge in [0.15, 0.2) is 11.5 Å². The molecule has 1 heterocycles. The number of benzene rings is 1. The standard InChI is InChI=1S/C18H26N4O4S/c1-24-16-8-7-13(9-17(16)25-2)10-26-11-15(23)12-27-18-19-20-21-22(18)14-5-3-4-6-14/h7-9,14-15,23H,3-6,10-12H2,1-2H3. The topological polar surface area (TPSA) is 91.5 Å². The molecule has 1 unspecified atom stereocenters. The van der Waals surface area contributed by atoms with E-state index in [0.717, 1.165) is 23.6 Å². The van der Waals surface area contributed by atoms with E-state index in [1.165, 1.54) is 24.6 Å². The summed E-state index contributed by atoms with van der Waals surface area (Å²) in [6.07, 6.45) is 4.09. The van der Waals surface area contributed by atoms with Crippen LogP contribution in [0.25, 0.3) is 0 Å². The summed E-state index contributed by atoms with van der Waals surface area (Å²) in [6.45, 7) is 0.633. The number of nitrogens with zero attached hydrogens (tertiary/aromatic N) is 4. The number of tetrazole rings is 1. The minimum Gasteiger partial charge on any atom is -0.493 e. The molecule has 1 aromatic heterocycles. The van der Waals surface area contributed by atoms with Gasteiger partial charge >= 0.3 is 0 Å². The predicted molar refractivity (Wildman–Crippen MR) is 101 cm³/mol. The van der Waals surface area contributed by atoms with Crippen molar-refractivity contribution >= 4 is 11.8 Å². The molecular weight excluding hydrogens is 368 g/mol. The monoisotopic (exact) mass is 394 g/mol. The first kappa shape index (κ1) is 19.9. The number of aliphatic hydroxyl groups excluding tert-OH is 1. The lowest BCUT2D eigenvalue weighted by molar-refractivity contribution is 0.0397. The van der Waals surface area contributed by atoms with Crippen molar-refractivity contribution in [1.82, 2.24) is 20.2 Å². The number of methoxy groups -OCH3 is 2. The maximum absolute atomic E-state index is 10.2. The second-order valence-electron chi connectivity index (χ2n) is 6.51. The quantitative estimate of drug-likeness (QED) is 0.615. The van der Waals surface area contributed by atoms with E-state index in [0.29, 0.717) is 29.9 Å². The highest BCUT2D eigenvalue weighted by atomic mass is 32.2. The summed E-state index contributed by atoms with van der Waals surface area (Å²) in [5.74, 6) is 1.82. The van der Waals surface area contributed by atoms with E-state index in [9.17, 15) is 5.11 Å². The number of aromatic nitrogens is 4. The molecular formula is C18H26N4O4S. The van der Waals surface area contributed by atoms with Crippen molar-refractivity contribution in [3.05, 3.63) is 23.8 Å². The molecule has 0 amide bonds. The zero-order valence-electron chi connectivity index (χ0n) is 15.7. The highest BCUT2D eigenvalue weighted by Crippen LogP contribution is 2.31. The Balaban J connectivity index is 1.43. The third-order valence-electron chi connectivity index (χ3n) is 4.56. The average Bonchev–Trinajstić information content (AvgIpc) is 3.37. The van der Waals surface area contributed by atoms with Gasteiger partial charge in [0.05, 0.1) is 39.6 Å². The van der Waals surface area contributed by atoms with Crippen LogP contribution in [0.2, 0.25) is 0 Å². The Kier molecular flexibility index (Phi) is 7.31. The minimum atomic E-state index is -0.594. The normalized spacial score (nSPS) is 15.8. The van der Waals surface area contributed by atoms with Crippen LogP contribution in [0, 0.1) is 0 Å². The Bertz CT molecular complexity index is 721. The number of rotatable bonds is 10. The van der Waals surface area contributed by atoms with Crippen LogP contribution in [0.4, 0.5) is 0 Å². The smallest absolute Gasteiger partial charge is 0.209 e. The van der Waals surface area contributed by atoms with Gasteiger partial charge in [-0.1, -0.05) is 30.7 Å².